The second kappa shape index (κ2) is 5.77. The summed E-state index contributed by atoms with van der Waals surface area (Å²) in [6, 6.07) is 6.13. The van der Waals surface area contributed by atoms with E-state index in [1.54, 1.807) is 0 Å². The number of aryl methyl sites for hydroxylation is 2. The molecule has 0 amide bonds. The largest absolute Gasteiger partial charge is 0.475 e. The molecule has 0 saturated carbocycles. The Morgan fingerprint density at radius 3 is 2.31 bits per heavy atom. The third-order valence-electron chi connectivity index (χ3n) is 2.45. The van der Waals surface area contributed by atoms with Gasteiger partial charge >= 0.3 is 0 Å². The zero-order valence-electron chi connectivity index (χ0n) is 9.88. The van der Waals surface area contributed by atoms with Crippen LogP contribution >= 0.6 is 11.6 Å². The van der Waals surface area contributed by atoms with Gasteiger partial charge in [-0.15, -0.1) is 11.6 Å². The van der Waals surface area contributed by atoms with Crippen LogP contribution in [-0.2, 0) is 5.88 Å². The second-order valence-electron chi connectivity index (χ2n) is 3.84. The Labute approximate surface area is 102 Å². The van der Waals surface area contributed by atoms with Gasteiger partial charge in [0.25, 0.3) is 0 Å². The molecule has 3 heteroatoms. The minimum atomic E-state index is -0.376. The van der Waals surface area contributed by atoms with Gasteiger partial charge in [0, 0.05) is 5.88 Å². The minimum absolute atomic E-state index is 0.376. The number of nitriles is 1. The first-order valence-electron chi connectivity index (χ1n) is 5.34. The van der Waals surface area contributed by atoms with Crippen molar-refractivity contribution in [3.05, 3.63) is 28.8 Å². The van der Waals surface area contributed by atoms with Crippen LogP contribution in [0.5, 0.6) is 5.75 Å². The van der Waals surface area contributed by atoms with Crippen LogP contribution in [0.2, 0.25) is 0 Å². The van der Waals surface area contributed by atoms with Gasteiger partial charge < -0.3 is 4.74 Å². The molecule has 2 nitrogen and oxygen atoms in total. The summed E-state index contributed by atoms with van der Waals surface area (Å²) in [6.45, 7) is 5.89. The zero-order valence-corrected chi connectivity index (χ0v) is 10.6. The molecule has 0 spiro atoms. The maximum atomic E-state index is 8.87. The highest BCUT2D eigenvalue weighted by Gasteiger charge is 2.11. The summed E-state index contributed by atoms with van der Waals surface area (Å²) in [5.74, 6) is 1.31. The van der Waals surface area contributed by atoms with E-state index in [1.165, 1.54) is 0 Å². The van der Waals surface area contributed by atoms with Crippen LogP contribution in [0.3, 0.4) is 0 Å². The normalized spacial score (nSPS) is 11.9. The van der Waals surface area contributed by atoms with Crippen molar-refractivity contribution >= 4 is 11.6 Å². The molecule has 0 saturated heterocycles. The Balaban J connectivity index is 3.01. The molecule has 1 aromatic rings. The van der Waals surface area contributed by atoms with E-state index in [0.29, 0.717) is 12.3 Å². The number of nitrogens with zero attached hydrogens (tertiary/aromatic N) is 1. The van der Waals surface area contributed by atoms with Crippen LogP contribution in [0.4, 0.5) is 0 Å². The van der Waals surface area contributed by atoms with Gasteiger partial charge in [0.05, 0.1) is 0 Å². The molecule has 0 aliphatic rings. The predicted octanol–water partition coefficient (Wildman–Crippen LogP) is 3.72. The van der Waals surface area contributed by atoms with Crippen LogP contribution in [0, 0.1) is 25.2 Å². The molecule has 16 heavy (non-hydrogen) atoms. The van der Waals surface area contributed by atoms with Gasteiger partial charge in [0.1, 0.15) is 11.8 Å². The average molecular weight is 238 g/mol. The monoisotopic (exact) mass is 237 g/mol. The maximum absolute atomic E-state index is 8.87. The van der Waals surface area contributed by atoms with E-state index < -0.39 is 0 Å². The molecule has 1 aromatic carbocycles. The van der Waals surface area contributed by atoms with Crippen molar-refractivity contribution in [3.8, 4) is 11.8 Å². The van der Waals surface area contributed by atoms with E-state index in [4.69, 9.17) is 21.6 Å². The second-order valence-corrected chi connectivity index (χ2v) is 4.10. The van der Waals surface area contributed by atoms with Gasteiger partial charge in [-0.05, 0) is 37.0 Å². The summed E-state index contributed by atoms with van der Waals surface area (Å²) in [7, 11) is 0. The van der Waals surface area contributed by atoms with Crippen molar-refractivity contribution in [2.24, 2.45) is 0 Å². The maximum Gasteiger partial charge on any atom is 0.184 e. The van der Waals surface area contributed by atoms with Gasteiger partial charge in [0.15, 0.2) is 6.10 Å². The Hall–Kier alpha value is -1.20. The third kappa shape index (κ3) is 2.90. The molecule has 0 aromatic heterocycles. The standard InChI is InChI=1S/C13H16ClNO/c1-4-12(8-15)16-13-9(2)5-11(7-14)6-10(13)3/h5-6,12H,4,7H2,1-3H3. The summed E-state index contributed by atoms with van der Waals surface area (Å²) in [5, 5.41) is 8.87. The van der Waals surface area contributed by atoms with Crippen LogP contribution in [0.25, 0.3) is 0 Å². The Bertz CT molecular complexity index is 386. The summed E-state index contributed by atoms with van der Waals surface area (Å²) in [4.78, 5) is 0. The van der Waals surface area contributed by atoms with E-state index in [9.17, 15) is 0 Å². The van der Waals surface area contributed by atoms with Gasteiger partial charge in [-0.3, -0.25) is 0 Å². The van der Waals surface area contributed by atoms with Gasteiger partial charge in [-0.2, -0.15) is 5.26 Å². The van der Waals surface area contributed by atoms with E-state index in [0.717, 1.165) is 22.4 Å². The molecule has 1 unspecified atom stereocenters. The molecule has 0 heterocycles. The van der Waals surface area contributed by atoms with Crippen molar-refractivity contribution in [2.45, 2.75) is 39.2 Å². The molecule has 0 aliphatic heterocycles. The van der Waals surface area contributed by atoms with Crippen molar-refractivity contribution in [1.29, 1.82) is 5.26 Å². The molecule has 1 atom stereocenters. The van der Waals surface area contributed by atoms with Crippen molar-refractivity contribution in [1.82, 2.24) is 0 Å². The summed E-state index contributed by atoms with van der Waals surface area (Å²) in [6.07, 6.45) is 0.311. The van der Waals surface area contributed by atoms with E-state index in [-0.39, 0.29) is 6.10 Å². The summed E-state index contributed by atoms with van der Waals surface area (Å²) < 4.78 is 5.67. The summed E-state index contributed by atoms with van der Waals surface area (Å²) in [5.41, 5.74) is 3.14. The zero-order chi connectivity index (χ0) is 12.1. The topological polar surface area (TPSA) is 33.0 Å². The van der Waals surface area contributed by atoms with E-state index in [2.05, 4.69) is 6.07 Å². The Kier molecular flexibility index (Phi) is 4.64. The lowest BCUT2D eigenvalue weighted by molar-refractivity contribution is 0.248. The van der Waals surface area contributed by atoms with Gasteiger partial charge in [0.2, 0.25) is 0 Å². The highest BCUT2D eigenvalue weighted by Crippen LogP contribution is 2.26. The lowest BCUT2D eigenvalue weighted by Gasteiger charge is -2.16. The predicted molar refractivity (Wildman–Crippen MR) is 65.8 cm³/mol. The molecule has 0 radical (unpaired) electrons. The first-order chi connectivity index (χ1) is 7.62. The molecule has 0 N–H and O–H groups in total. The smallest absolute Gasteiger partial charge is 0.184 e. The average Bonchev–Trinajstić information content (AvgIpc) is 2.28. The highest BCUT2D eigenvalue weighted by molar-refractivity contribution is 6.17. The van der Waals surface area contributed by atoms with Crippen LogP contribution in [0.1, 0.15) is 30.0 Å². The van der Waals surface area contributed by atoms with Gasteiger partial charge in [-0.1, -0.05) is 19.1 Å². The number of halogens is 1. The van der Waals surface area contributed by atoms with Crippen molar-refractivity contribution < 1.29 is 4.74 Å². The molecule has 1 rings (SSSR count). The fourth-order valence-electron chi connectivity index (χ4n) is 1.65. The highest BCUT2D eigenvalue weighted by atomic mass is 35.5. The number of hydrogen-bond acceptors (Lipinski definition) is 2. The SMILES string of the molecule is CCC(C#N)Oc1c(C)cc(CCl)cc1C. The Morgan fingerprint density at radius 2 is 1.94 bits per heavy atom. The number of hydrogen-bond donors (Lipinski definition) is 0. The molecule has 86 valence electrons. The van der Waals surface area contributed by atoms with E-state index in [1.807, 2.05) is 32.9 Å². The molecule has 0 fully saturated rings. The fourth-order valence-corrected chi connectivity index (χ4v) is 1.80. The lowest BCUT2D eigenvalue weighted by atomic mass is 10.1. The van der Waals surface area contributed by atoms with Crippen molar-refractivity contribution in [2.75, 3.05) is 0 Å². The molecule has 0 aliphatic carbocycles. The molecular formula is C13H16ClNO. The lowest BCUT2D eigenvalue weighted by Crippen LogP contribution is -2.13. The number of alkyl halides is 1. The minimum Gasteiger partial charge on any atom is -0.475 e. The van der Waals surface area contributed by atoms with Gasteiger partial charge in [-0.25, -0.2) is 0 Å². The Morgan fingerprint density at radius 1 is 1.38 bits per heavy atom. The first kappa shape index (κ1) is 12.9. The van der Waals surface area contributed by atoms with E-state index >= 15 is 0 Å². The van der Waals surface area contributed by atoms with Crippen LogP contribution in [0.15, 0.2) is 12.1 Å². The first-order valence-corrected chi connectivity index (χ1v) is 5.88. The number of ether oxygens (including phenoxy) is 1. The quantitative estimate of drug-likeness (QED) is 0.748. The van der Waals surface area contributed by atoms with Crippen LogP contribution in [-0.4, -0.2) is 6.10 Å². The van der Waals surface area contributed by atoms with Crippen LogP contribution < -0.4 is 4.74 Å². The summed E-state index contributed by atoms with van der Waals surface area (Å²) >= 11 is 5.79. The number of rotatable bonds is 4. The molecular weight excluding hydrogens is 222 g/mol. The third-order valence-corrected chi connectivity index (χ3v) is 2.76. The van der Waals surface area contributed by atoms with Crippen molar-refractivity contribution in [3.63, 3.8) is 0 Å². The molecule has 0 bridgehead atoms. The fraction of sp³-hybridized carbons (Fsp3) is 0.462. The number of benzene rings is 1.